The number of halogens is 3. The first-order valence-electron chi connectivity index (χ1n) is 5.89. The minimum Gasteiger partial charge on any atom is -0.345 e. The molecule has 1 heterocycles. The van der Waals surface area contributed by atoms with Crippen LogP contribution in [0.25, 0.3) is 0 Å². The van der Waals surface area contributed by atoms with Crippen molar-refractivity contribution in [2.75, 3.05) is 0 Å². The lowest BCUT2D eigenvalue weighted by Crippen LogP contribution is -2.25. The molecule has 0 aliphatic carbocycles. The first kappa shape index (κ1) is 14.6. The van der Waals surface area contributed by atoms with E-state index in [2.05, 4.69) is 5.32 Å². The Bertz CT molecular complexity index is 575. The van der Waals surface area contributed by atoms with Crippen molar-refractivity contribution >= 4 is 17.2 Å². The smallest absolute Gasteiger partial charge is 0.345 e. The minimum atomic E-state index is -4.35. The Hall–Kier alpha value is -1.82. The Balaban J connectivity index is 2.06. The molecule has 1 aromatic carbocycles. The van der Waals surface area contributed by atoms with E-state index < -0.39 is 11.7 Å². The Labute approximate surface area is 118 Å². The van der Waals surface area contributed by atoms with Gasteiger partial charge in [-0.25, -0.2) is 0 Å². The van der Waals surface area contributed by atoms with Crippen LogP contribution in [0.1, 0.15) is 33.8 Å². The summed E-state index contributed by atoms with van der Waals surface area (Å²) in [5.41, 5.74) is -0.0686. The molecular formula is C14H12F3NOS. The third-order valence-corrected chi connectivity index (χ3v) is 3.70. The van der Waals surface area contributed by atoms with E-state index in [0.717, 1.165) is 12.1 Å². The first-order valence-corrected chi connectivity index (χ1v) is 6.77. The van der Waals surface area contributed by atoms with E-state index in [-0.39, 0.29) is 11.9 Å². The lowest BCUT2D eigenvalue weighted by molar-refractivity contribution is -0.137. The van der Waals surface area contributed by atoms with Crippen LogP contribution in [-0.4, -0.2) is 5.91 Å². The molecule has 0 aliphatic rings. The van der Waals surface area contributed by atoms with Crippen molar-refractivity contribution in [2.24, 2.45) is 0 Å². The van der Waals surface area contributed by atoms with Crippen molar-refractivity contribution in [1.29, 1.82) is 0 Å². The summed E-state index contributed by atoms with van der Waals surface area (Å²) >= 11 is 1.31. The molecule has 1 N–H and O–H groups in total. The molecule has 1 aromatic heterocycles. The van der Waals surface area contributed by atoms with Gasteiger partial charge in [-0.1, -0.05) is 18.2 Å². The van der Waals surface area contributed by atoms with Crippen LogP contribution >= 0.6 is 11.3 Å². The lowest BCUT2D eigenvalue weighted by Gasteiger charge is -2.15. The highest BCUT2D eigenvalue weighted by Crippen LogP contribution is 2.29. The van der Waals surface area contributed by atoms with Gasteiger partial charge in [0.05, 0.1) is 16.5 Å². The van der Waals surface area contributed by atoms with Crippen molar-refractivity contribution in [3.63, 3.8) is 0 Å². The largest absolute Gasteiger partial charge is 0.416 e. The highest BCUT2D eigenvalue weighted by atomic mass is 32.1. The number of carbonyl (C=O) groups excluding carboxylic acids is 1. The second kappa shape index (κ2) is 5.66. The first-order chi connectivity index (χ1) is 9.38. The minimum absolute atomic E-state index is 0.229. The molecule has 0 bridgehead atoms. The van der Waals surface area contributed by atoms with E-state index in [4.69, 9.17) is 0 Å². The Kier molecular flexibility index (Phi) is 4.13. The van der Waals surface area contributed by atoms with E-state index in [1.165, 1.54) is 23.5 Å². The molecule has 2 nitrogen and oxygen atoms in total. The molecule has 0 aliphatic heterocycles. The number of hydrogen-bond donors (Lipinski definition) is 1. The van der Waals surface area contributed by atoms with Crippen LogP contribution in [0.15, 0.2) is 41.8 Å². The van der Waals surface area contributed by atoms with Gasteiger partial charge in [0.1, 0.15) is 0 Å². The number of alkyl halides is 3. The van der Waals surface area contributed by atoms with E-state index in [9.17, 15) is 18.0 Å². The van der Waals surface area contributed by atoms with Crippen molar-refractivity contribution in [1.82, 2.24) is 5.32 Å². The van der Waals surface area contributed by atoms with Crippen molar-refractivity contribution < 1.29 is 18.0 Å². The highest BCUT2D eigenvalue weighted by molar-refractivity contribution is 7.12. The molecule has 20 heavy (non-hydrogen) atoms. The number of nitrogens with one attached hydrogen (secondary N) is 1. The number of amides is 1. The third-order valence-electron chi connectivity index (χ3n) is 2.83. The number of hydrogen-bond acceptors (Lipinski definition) is 2. The fraction of sp³-hybridized carbons (Fsp3) is 0.214. The topological polar surface area (TPSA) is 29.1 Å². The van der Waals surface area contributed by atoms with E-state index in [1.54, 1.807) is 24.4 Å². The van der Waals surface area contributed by atoms with E-state index in [1.807, 2.05) is 0 Å². The SMILES string of the molecule is C[C@@H](NC(=O)c1cccs1)c1ccc(C(F)(F)F)cc1. The van der Waals surface area contributed by atoms with Gasteiger partial charge in [-0.2, -0.15) is 13.2 Å². The second-order valence-corrected chi connectivity index (χ2v) is 5.24. The quantitative estimate of drug-likeness (QED) is 0.901. The Morgan fingerprint density at radius 3 is 2.35 bits per heavy atom. The van der Waals surface area contributed by atoms with Gasteiger partial charge in [0.2, 0.25) is 0 Å². The van der Waals surface area contributed by atoms with Gasteiger partial charge >= 0.3 is 6.18 Å². The third kappa shape index (κ3) is 3.39. The van der Waals surface area contributed by atoms with Gasteiger partial charge in [0, 0.05) is 0 Å². The van der Waals surface area contributed by atoms with Crippen LogP contribution in [0, 0.1) is 0 Å². The van der Waals surface area contributed by atoms with E-state index >= 15 is 0 Å². The van der Waals surface area contributed by atoms with Gasteiger partial charge in [0.25, 0.3) is 5.91 Å². The fourth-order valence-corrected chi connectivity index (χ4v) is 2.35. The maximum absolute atomic E-state index is 12.4. The summed E-state index contributed by atoms with van der Waals surface area (Å²) < 4.78 is 37.3. The number of carbonyl (C=O) groups is 1. The summed E-state index contributed by atoms with van der Waals surface area (Å²) in [4.78, 5) is 12.4. The predicted octanol–water partition coefficient (Wildman–Crippen LogP) is 4.26. The summed E-state index contributed by atoms with van der Waals surface area (Å²) in [6.45, 7) is 1.73. The monoisotopic (exact) mass is 299 g/mol. The summed E-state index contributed by atoms with van der Waals surface area (Å²) in [7, 11) is 0. The summed E-state index contributed by atoms with van der Waals surface area (Å²) in [6.07, 6.45) is -4.35. The maximum Gasteiger partial charge on any atom is 0.416 e. The van der Waals surface area contributed by atoms with Crippen LogP contribution in [0.2, 0.25) is 0 Å². The molecule has 106 valence electrons. The van der Waals surface area contributed by atoms with Gasteiger partial charge in [-0.15, -0.1) is 11.3 Å². The zero-order valence-corrected chi connectivity index (χ0v) is 11.4. The average molecular weight is 299 g/mol. The standard InChI is InChI=1S/C14H12F3NOS/c1-9(18-13(19)12-3-2-8-20-12)10-4-6-11(7-5-10)14(15,16)17/h2-9H,1H3,(H,18,19)/t9-/m1/s1. The van der Waals surface area contributed by atoms with Crippen molar-refractivity contribution in [2.45, 2.75) is 19.1 Å². The molecule has 1 atom stereocenters. The molecule has 0 saturated heterocycles. The highest BCUT2D eigenvalue weighted by Gasteiger charge is 2.30. The normalized spacial score (nSPS) is 13.0. The second-order valence-electron chi connectivity index (χ2n) is 4.29. The molecule has 0 radical (unpaired) electrons. The molecular weight excluding hydrogens is 287 g/mol. The predicted molar refractivity (Wildman–Crippen MR) is 71.6 cm³/mol. The molecule has 2 rings (SSSR count). The molecule has 0 unspecified atom stereocenters. The van der Waals surface area contributed by atoms with Gasteiger partial charge in [-0.05, 0) is 36.1 Å². The maximum atomic E-state index is 12.4. The molecule has 0 spiro atoms. The number of benzene rings is 1. The van der Waals surface area contributed by atoms with Crippen molar-refractivity contribution in [3.05, 3.63) is 57.8 Å². The number of thiophene rings is 1. The molecule has 0 fully saturated rings. The summed E-state index contributed by atoms with van der Waals surface area (Å²) in [6, 6.07) is 7.89. The van der Waals surface area contributed by atoms with Gasteiger partial charge in [0.15, 0.2) is 0 Å². The summed E-state index contributed by atoms with van der Waals surface area (Å²) in [5, 5.41) is 4.54. The molecule has 6 heteroatoms. The molecule has 2 aromatic rings. The Morgan fingerprint density at radius 2 is 1.85 bits per heavy atom. The number of rotatable bonds is 3. The van der Waals surface area contributed by atoms with Crippen LogP contribution in [0.4, 0.5) is 13.2 Å². The average Bonchev–Trinajstić information content (AvgIpc) is 2.91. The van der Waals surface area contributed by atoms with Crippen LogP contribution in [-0.2, 0) is 6.18 Å². The van der Waals surface area contributed by atoms with Crippen LogP contribution in [0.5, 0.6) is 0 Å². The van der Waals surface area contributed by atoms with Crippen LogP contribution in [0.3, 0.4) is 0 Å². The van der Waals surface area contributed by atoms with Gasteiger partial charge in [-0.3, -0.25) is 4.79 Å². The fourth-order valence-electron chi connectivity index (χ4n) is 1.72. The molecule has 1 amide bonds. The van der Waals surface area contributed by atoms with Crippen molar-refractivity contribution in [3.8, 4) is 0 Å². The summed E-state index contributed by atoms with van der Waals surface area (Å²) in [5.74, 6) is -0.229. The zero-order valence-electron chi connectivity index (χ0n) is 10.6. The lowest BCUT2D eigenvalue weighted by atomic mass is 10.1. The zero-order chi connectivity index (χ0) is 14.8. The van der Waals surface area contributed by atoms with E-state index in [0.29, 0.717) is 10.4 Å². The van der Waals surface area contributed by atoms with Crippen LogP contribution < -0.4 is 5.32 Å². The Morgan fingerprint density at radius 1 is 1.20 bits per heavy atom. The van der Waals surface area contributed by atoms with Gasteiger partial charge < -0.3 is 5.32 Å². The molecule has 0 saturated carbocycles.